The van der Waals surface area contributed by atoms with Gasteiger partial charge in [-0.15, -0.1) is 0 Å². The molecule has 0 spiro atoms. The number of pyridine rings is 1. The first-order valence-corrected chi connectivity index (χ1v) is 13.4. The molecule has 3 aromatic rings. The summed E-state index contributed by atoms with van der Waals surface area (Å²) in [4.78, 5) is 44.1. The lowest BCUT2D eigenvalue weighted by Gasteiger charge is -2.26. The van der Waals surface area contributed by atoms with Crippen molar-refractivity contribution in [2.75, 3.05) is 18.8 Å². The maximum Gasteiger partial charge on any atom is 0.270 e. The lowest BCUT2D eigenvalue weighted by atomic mass is 9.98. The standard InChI is InChI=1S/C30H30F3N5O3/c1-16(27-18(5-4-17-2-3-17)6-9-22(34)28(27)33)36-30(41)25-13-21(32)15-38(25)26(39)14-35-29(40)24-10-7-19-12-20(31)8-11-23(19)37-24/h4-12,16-17,21,25H,2-3,13-15,34H2,1H3,(H,35,40)(H,36,41)/b5-4+/t16-,21+,25-/m0/s1. The predicted molar refractivity (Wildman–Crippen MR) is 148 cm³/mol. The fraction of sp³-hybridized carbons (Fsp3) is 0.333. The monoisotopic (exact) mass is 565 g/mol. The summed E-state index contributed by atoms with van der Waals surface area (Å²) in [5.74, 6) is -2.57. The van der Waals surface area contributed by atoms with E-state index in [0.29, 0.717) is 22.4 Å². The normalized spacial score (nSPS) is 19.5. The highest BCUT2D eigenvalue weighted by Gasteiger charge is 2.40. The summed E-state index contributed by atoms with van der Waals surface area (Å²) in [7, 11) is 0. The van der Waals surface area contributed by atoms with Gasteiger partial charge in [0.1, 0.15) is 23.7 Å². The fourth-order valence-electron chi connectivity index (χ4n) is 5.00. The Morgan fingerprint density at radius 3 is 2.68 bits per heavy atom. The number of alkyl halides is 1. The van der Waals surface area contributed by atoms with Gasteiger partial charge in [0.05, 0.1) is 30.3 Å². The zero-order valence-corrected chi connectivity index (χ0v) is 22.4. The Bertz CT molecular complexity index is 1540. The van der Waals surface area contributed by atoms with Crippen molar-refractivity contribution in [3.05, 3.63) is 77.0 Å². The Hall–Kier alpha value is -4.41. The van der Waals surface area contributed by atoms with Gasteiger partial charge in [0.25, 0.3) is 5.91 Å². The van der Waals surface area contributed by atoms with Crippen LogP contribution >= 0.6 is 0 Å². The number of hydrogen-bond acceptors (Lipinski definition) is 5. The second-order valence-corrected chi connectivity index (χ2v) is 10.5. The quantitative estimate of drug-likeness (QED) is 0.356. The number of nitrogen functional groups attached to an aromatic ring is 1. The predicted octanol–water partition coefficient (Wildman–Crippen LogP) is 4.06. The summed E-state index contributed by atoms with van der Waals surface area (Å²) in [6.07, 6.45) is 4.29. The van der Waals surface area contributed by atoms with E-state index in [1.807, 2.05) is 12.2 Å². The van der Waals surface area contributed by atoms with E-state index >= 15 is 4.39 Å². The minimum atomic E-state index is -1.44. The van der Waals surface area contributed by atoms with Crippen LogP contribution in [0.4, 0.5) is 18.9 Å². The summed E-state index contributed by atoms with van der Waals surface area (Å²) in [6.45, 7) is 0.792. The van der Waals surface area contributed by atoms with Crippen LogP contribution in [0.2, 0.25) is 0 Å². The lowest BCUT2D eigenvalue weighted by molar-refractivity contribution is -0.138. The first-order chi connectivity index (χ1) is 19.6. The smallest absolute Gasteiger partial charge is 0.270 e. The van der Waals surface area contributed by atoms with Gasteiger partial charge < -0.3 is 21.3 Å². The van der Waals surface area contributed by atoms with Crippen molar-refractivity contribution < 1.29 is 27.6 Å². The molecule has 2 fully saturated rings. The molecule has 0 unspecified atom stereocenters. The fourth-order valence-corrected chi connectivity index (χ4v) is 5.00. The number of benzene rings is 2. The zero-order chi connectivity index (χ0) is 29.3. The molecule has 3 atom stereocenters. The van der Waals surface area contributed by atoms with Gasteiger partial charge in [-0.25, -0.2) is 18.2 Å². The SMILES string of the molecule is C[C@H](NC(=O)[C@@H]1C[C@@H](F)CN1C(=O)CNC(=O)c1ccc2cc(F)ccc2n1)c1c(/C=C/C2CC2)ccc(N)c1F. The molecule has 1 aliphatic heterocycles. The maximum absolute atomic E-state index is 15.1. The second-order valence-electron chi connectivity index (χ2n) is 10.5. The number of nitrogens with one attached hydrogen (secondary N) is 2. The topological polar surface area (TPSA) is 117 Å². The number of rotatable bonds is 8. The Morgan fingerprint density at radius 2 is 1.93 bits per heavy atom. The number of hydrogen-bond donors (Lipinski definition) is 3. The van der Waals surface area contributed by atoms with Crippen LogP contribution in [0.1, 0.15) is 53.8 Å². The first-order valence-electron chi connectivity index (χ1n) is 13.4. The number of nitrogens with two attached hydrogens (primary N) is 1. The molecular weight excluding hydrogens is 535 g/mol. The molecule has 214 valence electrons. The highest BCUT2D eigenvalue weighted by molar-refractivity contribution is 5.97. The molecule has 2 aromatic carbocycles. The number of fused-ring (bicyclic) bond motifs is 1. The van der Waals surface area contributed by atoms with Crippen molar-refractivity contribution in [2.24, 2.45) is 5.92 Å². The van der Waals surface area contributed by atoms with E-state index < -0.39 is 54.2 Å². The van der Waals surface area contributed by atoms with Gasteiger partial charge in [0, 0.05) is 17.4 Å². The van der Waals surface area contributed by atoms with Crippen molar-refractivity contribution in [3.8, 4) is 0 Å². The van der Waals surface area contributed by atoms with Gasteiger partial charge >= 0.3 is 0 Å². The molecule has 0 bridgehead atoms. The molecule has 1 saturated carbocycles. The van der Waals surface area contributed by atoms with Crippen LogP contribution in [0.15, 0.2) is 48.5 Å². The van der Waals surface area contributed by atoms with Gasteiger partial charge in [-0.3, -0.25) is 14.4 Å². The van der Waals surface area contributed by atoms with Crippen LogP contribution in [-0.4, -0.2) is 52.9 Å². The molecule has 11 heteroatoms. The molecule has 1 aliphatic carbocycles. The zero-order valence-electron chi connectivity index (χ0n) is 22.4. The molecule has 4 N–H and O–H groups in total. The van der Waals surface area contributed by atoms with Crippen LogP contribution in [0, 0.1) is 17.6 Å². The van der Waals surface area contributed by atoms with E-state index in [4.69, 9.17) is 5.73 Å². The third-order valence-corrected chi connectivity index (χ3v) is 7.36. The molecular formula is C30H30F3N5O3. The van der Waals surface area contributed by atoms with Gasteiger partial charge in [-0.2, -0.15) is 0 Å². The van der Waals surface area contributed by atoms with E-state index in [1.165, 1.54) is 36.4 Å². The minimum absolute atomic E-state index is 0.0144. The Labute approximate surface area is 234 Å². The largest absolute Gasteiger partial charge is 0.396 e. The number of aromatic nitrogens is 1. The van der Waals surface area contributed by atoms with E-state index in [1.54, 1.807) is 13.0 Å². The minimum Gasteiger partial charge on any atom is -0.396 e. The molecule has 2 heterocycles. The molecule has 1 saturated heterocycles. The molecule has 2 aliphatic rings. The third-order valence-electron chi connectivity index (χ3n) is 7.36. The summed E-state index contributed by atoms with van der Waals surface area (Å²) in [5.41, 5.74) is 6.94. The maximum atomic E-state index is 15.1. The number of anilines is 1. The van der Waals surface area contributed by atoms with E-state index in [-0.39, 0.29) is 29.9 Å². The highest BCUT2D eigenvalue weighted by Crippen LogP contribution is 2.33. The first kappa shape index (κ1) is 28.1. The molecule has 8 nitrogen and oxygen atoms in total. The van der Waals surface area contributed by atoms with Crippen LogP contribution in [0.25, 0.3) is 17.0 Å². The van der Waals surface area contributed by atoms with Crippen LogP contribution in [0.5, 0.6) is 0 Å². The highest BCUT2D eigenvalue weighted by atomic mass is 19.1. The van der Waals surface area contributed by atoms with Crippen LogP contribution in [-0.2, 0) is 9.59 Å². The van der Waals surface area contributed by atoms with Crippen LogP contribution in [0.3, 0.4) is 0 Å². The summed E-state index contributed by atoms with van der Waals surface area (Å²) in [5, 5.41) is 5.67. The number of carbonyl (C=O) groups excluding carboxylic acids is 3. The summed E-state index contributed by atoms with van der Waals surface area (Å²) < 4.78 is 42.9. The third kappa shape index (κ3) is 6.34. The van der Waals surface area contributed by atoms with Gasteiger partial charge in [-0.05, 0) is 61.6 Å². The molecule has 0 radical (unpaired) electrons. The number of amides is 3. The molecule has 5 rings (SSSR count). The average molecular weight is 566 g/mol. The Balaban J connectivity index is 1.24. The van der Waals surface area contributed by atoms with Crippen molar-refractivity contribution in [3.63, 3.8) is 0 Å². The number of halogens is 3. The van der Waals surface area contributed by atoms with Gasteiger partial charge in [0.15, 0.2) is 5.82 Å². The van der Waals surface area contributed by atoms with Crippen molar-refractivity contribution in [1.82, 2.24) is 20.5 Å². The summed E-state index contributed by atoms with van der Waals surface area (Å²) >= 11 is 0. The van der Waals surface area contributed by atoms with E-state index in [2.05, 4.69) is 15.6 Å². The van der Waals surface area contributed by atoms with Crippen molar-refractivity contribution >= 4 is 40.4 Å². The molecule has 1 aromatic heterocycles. The summed E-state index contributed by atoms with van der Waals surface area (Å²) in [6, 6.07) is 8.07. The average Bonchev–Trinajstić information content (AvgIpc) is 3.70. The second kappa shape index (κ2) is 11.6. The number of carbonyl (C=O) groups is 3. The molecule has 41 heavy (non-hydrogen) atoms. The Kier molecular flexibility index (Phi) is 7.96. The number of allylic oxidation sites excluding steroid dienone is 1. The molecule has 3 amide bonds. The van der Waals surface area contributed by atoms with Gasteiger partial charge in [-0.1, -0.05) is 24.3 Å². The van der Waals surface area contributed by atoms with Crippen molar-refractivity contribution in [1.29, 1.82) is 0 Å². The number of nitrogens with zero attached hydrogens (tertiary/aromatic N) is 2. The van der Waals surface area contributed by atoms with E-state index in [9.17, 15) is 23.2 Å². The van der Waals surface area contributed by atoms with Crippen molar-refractivity contribution in [2.45, 2.75) is 44.4 Å². The van der Waals surface area contributed by atoms with Crippen LogP contribution < -0.4 is 16.4 Å². The van der Waals surface area contributed by atoms with E-state index in [0.717, 1.165) is 17.7 Å². The van der Waals surface area contributed by atoms with Gasteiger partial charge in [0.2, 0.25) is 11.8 Å². The lowest BCUT2D eigenvalue weighted by Crippen LogP contribution is -2.49. The Morgan fingerprint density at radius 1 is 1.15 bits per heavy atom. The number of likely N-dealkylation sites (tertiary alicyclic amines) is 1.